The number of aliphatic hydroxyl groups is 2. The number of fused-ring (bicyclic) bond motifs is 3. The summed E-state index contributed by atoms with van der Waals surface area (Å²) in [7, 11) is 0. The van der Waals surface area contributed by atoms with E-state index in [1.54, 1.807) is 6.08 Å². The fourth-order valence-corrected chi connectivity index (χ4v) is 6.48. The molecular weight excluding hydrogens is 260 g/mol. The van der Waals surface area contributed by atoms with Crippen molar-refractivity contribution in [1.82, 2.24) is 0 Å². The molecule has 21 heavy (non-hydrogen) atoms. The van der Waals surface area contributed by atoms with Crippen LogP contribution in [0.4, 0.5) is 0 Å². The van der Waals surface area contributed by atoms with Crippen molar-refractivity contribution in [3.8, 4) is 0 Å². The van der Waals surface area contributed by atoms with Crippen molar-refractivity contribution in [3.63, 3.8) is 0 Å². The van der Waals surface area contributed by atoms with Gasteiger partial charge in [0.2, 0.25) is 0 Å². The Kier molecular flexibility index (Phi) is 3.39. The zero-order chi connectivity index (χ0) is 15.5. The van der Waals surface area contributed by atoms with Crippen LogP contribution in [0.5, 0.6) is 0 Å². The van der Waals surface area contributed by atoms with E-state index in [1.165, 1.54) is 19.3 Å². The van der Waals surface area contributed by atoms with Gasteiger partial charge in [0.25, 0.3) is 0 Å². The minimum atomic E-state index is -0.862. The number of hydrogen-bond acceptors (Lipinski definition) is 2. The second-order valence-electron chi connectivity index (χ2n) is 9.12. The maximum Gasteiger partial charge on any atom is 0.0852 e. The highest BCUT2D eigenvalue weighted by molar-refractivity contribution is 5.15. The number of hydrogen-bond donors (Lipinski definition) is 2. The van der Waals surface area contributed by atoms with E-state index in [1.807, 2.05) is 0 Å². The standard InChI is InChI=1S/C19H32O2/c1-5-18(20)11-7-15-17(4)10-6-9-16(2,3)14(17)8-12-19(15,21)13-18/h5,14-15,20-21H,1,6-13H2,2-4H3/t14-,15+,17-,18+,19+/m0/s1. The molecule has 0 unspecified atom stereocenters. The molecule has 0 bridgehead atoms. The molecule has 5 atom stereocenters. The molecule has 0 aromatic carbocycles. The summed E-state index contributed by atoms with van der Waals surface area (Å²) < 4.78 is 0. The smallest absolute Gasteiger partial charge is 0.0852 e. The summed E-state index contributed by atoms with van der Waals surface area (Å²) in [6, 6.07) is 0. The summed E-state index contributed by atoms with van der Waals surface area (Å²) >= 11 is 0. The third-order valence-electron chi connectivity index (χ3n) is 7.44. The SMILES string of the molecule is C=C[C@@]1(O)CC[C@H]2[C@@](O)(CC[C@H]3C(C)(C)CCC[C@@]32C)C1. The average Bonchev–Trinajstić information content (AvgIpc) is 2.36. The fraction of sp³-hybridized carbons (Fsp3) is 0.895. The molecule has 0 amide bonds. The first-order valence-electron chi connectivity index (χ1n) is 8.74. The minimum absolute atomic E-state index is 0.233. The minimum Gasteiger partial charge on any atom is -0.389 e. The van der Waals surface area contributed by atoms with E-state index in [0.29, 0.717) is 23.7 Å². The van der Waals surface area contributed by atoms with Gasteiger partial charge in [-0.3, -0.25) is 0 Å². The number of rotatable bonds is 1. The van der Waals surface area contributed by atoms with E-state index in [-0.39, 0.29) is 5.41 Å². The monoisotopic (exact) mass is 292 g/mol. The van der Waals surface area contributed by atoms with E-state index in [9.17, 15) is 10.2 Å². The Bertz CT molecular complexity index is 443. The first-order chi connectivity index (χ1) is 9.65. The van der Waals surface area contributed by atoms with Crippen molar-refractivity contribution in [2.75, 3.05) is 0 Å². The predicted octanol–water partition coefficient (Wildman–Crippen LogP) is 4.06. The van der Waals surface area contributed by atoms with Gasteiger partial charge in [-0.15, -0.1) is 6.58 Å². The Labute approximate surface area is 129 Å². The van der Waals surface area contributed by atoms with Crippen LogP contribution in [0.2, 0.25) is 0 Å². The third kappa shape index (κ3) is 2.21. The van der Waals surface area contributed by atoms with Gasteiger partial charge in [0, 0.05) is 6.42 Å². The average molecular weight is 292 g/mol. The lowest BCUT2D eigenvalue weighted by Gasteiger charge is -2.64. The topological polar surface area (TPSA) is 40.5 Å². The first kappa shape index (κ1) is 15.6. The lowest BCUT2D eigenvalue weighted by Crippen LogP contribution is -2.62. The van der Waals surface area contributed by atoms with Crippen LogP contribution in [-0.2, 0) is 0 Å². The third-order valence-corrected chi connectivity index (χ3v) is 7.44. The molecule has 2 N–H and O–H groups in total. The maximum atomic E-state index is 11.3. The van der Waals surface area contributed by atoms with Gasteiger partial charge in [0.15, 0.2) is 0 Å². The molecule has 3 aliphatic carbocycles. The highest BCUT2D eigenvalue weighted by Gasteiger charge is 2.61. The van der Waals surface area contributed by atoms with Crippen molar-refractivity contribution in [3.05, 3.63) is 12.7 Å². The second-order valence-corrected chi connectivity index (χ2v) is 9.12. The summed E-state index contributed by atoms with van der Waals surface area (Å²) in [4.78, 5) is 0. The highest BCUT2D eigenvalue weighted by Crippen LogP contribution is 2.65. The van der Waals surface area contributed by atoms with Crippen LogP contribution in [0, 0.1) is 22.7 Å². The van der Waals surface area contributed by atoms with Crippen LogP contribution in [0.1, 0.15) is 72.1 Å². The Hall–Kier alpha value is -0.340. The molecule has 3 rings (SSSR count). The normalized spacial score (nSPS) is 52.6. The molecule has 0 saturated heterocycles. The van der Waals surface area contributed by atoms with Crippen molar-refractivity contribution in [1.29, 1.82) is 0 Å². The van der Waals surface area contributed by atoms with Crippen molar-refractivity contribution in [2.45, 2.75) is 83.3 Å². The summed E-state index contributed by atoms with van der Waals surface area (Å²) in [5.41, 5.74) is -0.934. The van der Waals surface area contributed by atoms with Crippen LogP contribution in [0.25, 0.3) is 0 Å². The molecule has 3 fully saturated rings. The zero-order valence-corrected chi connectivity index (χ0v) is 14.0. The van der Waals surface area contributed by atoms with E-state index < -0.39 is 11.2 Å². The zero-order valence-electron chi connectivity index (χ0n) is 14.0. The summed E-state index contributed by atoms with van der Waals surface area (Å²) in [5.74, 6) is 1.04. The van der Waals surface area contributed by atoms with Crippen LogP contribution in [0.15, 0.2) is 12.7 Å². The van der Waals surface area contributed by atoms with Gasteiger partial charge in [-0.2, -0.15) is 0 Å². The largest absolute Gasteiger partial charge is 0.389 e. The van der Waals surface area contributed by atoms with Gasteiger partial charge in [0.1, 0.15) is 0 Å². The van der Waals surface area contributed by atoms with Crippen molar-refractivity contribution >= 4 is 0 Å². The maximum absolute atomic E-state index is 11.3. The van der Waals surface area contributed by atoms with Crippen LogP contribution in [-0.4, -0.2) is 21.4 Å². The molecule has 0 aromatic rings. The Balaban J connectivity index is 1.94. The van der Waals surface area contributed by atoms with Gasteiger partial charge in [-0.05, 0) is 61.2 Å². The van der Waals surface area contributed by atoms with Crippen LogP contribution >= 0.6 is 0 Å². The van der Waals surface area contributed by atoms with Gasteiger partial charge in [-0.25, -0.2) is 0 Å². The van der Waals surface area contributed by atoms with Crippen molar-refractivity contribution in [2.24, 2.45) is 22.7 Å². The Morgan fingerprint density at radius 2 is 1.62 bits per heavy atom. The molecule has 3 saturated carbocycles. The van der Waals surface area contributed by atoms with Gasteiger partial charge in [0.05, 0.1) is 11.2 Å². The molecule has 0 spiro atoms. The molecule has 0 aliphatic heterocycles. The molecule has 2 nitrogen and oxygen atoms in total. The Morgan fingerprint density at radius 1 is 0.952 bits per heavy atom. The molecule has 3 aliphatic rings. The highest BCUT2D eigenvalue weighted by atomic mass is 16.3. The van der Waals surface area contributed by atoms with Gasteiger partial charge < -0.3 is 10.2 Å². The molecule has 0 radical (unpaired) electrons. The van der Waals surface area contributed by atoms with E-state index in [0.717, 1.165) is 25.7 Å². The molecule has 0 heterocycles. The second kappa shape index (κ2) is 4.58. The fourth-order valence-electron chi connectivity index (χ4n) is 6.48. The predicted molar refractivity (Wildman–Crippen MR) is 85.9 cm³/mol. The Morgan fingerprint density at radius 3 is 2.29 bits per heavy atom. The van der Waals surface area contributed by atoms with Gasteiger partial charge >= 0.3 is 0 Å². The quantitative estimate of drug-likeness (QED) is 0.715. The summed E-state index contributed by atoms with van der Waals surface area (Å²) in [5, 5.41) is 21.9. The molecule has 120 valence electrons. The van der Waals surface area contributed by atoms with Crippen LogP contribution in [0.3, 0.4) is 0 Å². The molecular formula is C19H32O2. The molecule has 2 heteroatoms. The lowest BCUT2D eigenvalue weighted by molar-refractivity contribution is -0.214. The van der Waals surface area contributed by atoms with E-state index in [4.69, 9.17) is 0 Å². The lowest BCUT2D eigenvalue weighted by atomic mass is 9.43. The first-order valence-corrected chi connectivity index (χ1v) is 8.74. The molecule has 0 aromatic heterocycles. The van der Waals surface area contributed by atoms with Gasteiger partial charge in [-0.1, -0.05) is 33.3 Å². The summed E-state index contributed by atoms with van der Waals surface area (Å²) in [6.07, 6.45) is 9.60. The summed E-state index contributed by atoms with van der Waals surface area (Å²) in [6.45, 7) is 11.0. The van der Waals surface area contributed by atoms with E-state index >= 15 is 0 Å². The van der Waals surface area contributed by atoms with Crippen molar-refractivity contribution < 1.29 is 10.2 Å². The van der Waals surface area contributed by atoms with E-state index in [2.05, 4.69) is 27.4 Å². The van der Waals surface area contributed by atoms with Crippen LogP contribution < -0.4 is 0 Å².